The highest BCUT2D eigenvalue weighted by atomic mass is 79.9. The minimum Gasteiger partial charge on any atom is -0.0786 e. The zero-order valence-corrected chi connectivity index (χ0v) is 15.7. The van der Waals surface area contributed by atoms with Crippen molar-refractivity contribution in [3.8, 4) is 0 Å². The van der Waals surface area contributed by atoms with Crippen molar-refractivity contribution in [1.29, 1.82) is 0 Å². The summed E-state index contributed by atoms with van der Waals surface area (Å²) >= 11 is 3.84. The van der Waals surface area contributed by atoms with E-state index in [0.29, 0.717) is 11.8 Å². The van der Waals surface area contributed by atoms with E-state index in [-0.39, 0.29) is 4.83 Å². The zero-order valence-electron chi connectivity index (χ0n) is 14.1. The second-order valence-corrected chi connectivity index (χ2v) is 7.96. The molecule has 0 unspecified atom stereocenters. The largest absolute Gasteiger partial charge is 0.0786 e. The molecule has 22 heavy (non-hydrogen) atoms. The highest BCUT2D eigenvalue weighted by molar-refractivity contribution is 9.09. The van der Waals surface area contributed by atoms with Gasteiger partial charge in [0.15, 0.2) is 0 Å². The molecule has 0 aliphatic heterocycles. The summed E-state index contributed by atoms with van der Waals surface area (Å²) in [7, 11) is 0. The van der Waals surface area contributed by atoms with Crippen molar-refractivity contribution in [3.05, 3.63) is 70.8 Å². The van der Waals surface area contributed by atoms with Crippen LogP contribution in [0.15, 0.2) is 48.5 Å². The van der Waals surface area contributed by atoms with Gasteiger partial charge in [0.1, 0.15) is 0 Å². The van der Waals surface area contributed by atoms with Gasteiger partial charge in [0.25, 0.3) is 0 Å². The minimum absolute atomic E-state index is 0.272. The maximum atomic E-state index is 3.84. The van der Waals surface area contributed by atoms with Gasteiger partial charge in [0, 0.05) is 0 Å². The van der Waals surface area contributed by atoms with Gasteiger partial charge >= 0.3 is 0 Å². The summed E-state index contributed by atoms with van der Waals surface area (Å²) in [5.41, 5.74) is 5.49. The van der Waals surface area contributed by atoms with E-state index in [4.69, 9.17) is 0 Å². The molecular weight excluding hydrogens is 332 g/mol. The quantitative estimate of drug-likeness (QED) is 0.512. The third-order valence-electron chi connectivity index (χ3n) is 3.83. The van der Waals surface area contributed by atoms with Crippen molar-refractivity contribution in [2.75, 3.05) is 0 Å². The van der Waals surface area contributed by atoms with Gasteiger partial charge in [-0.05, 0) is 46.9 Å². The topological polar surface area (TPSA) is 0 Å². The van der Waals surface area contributed by atoms with Gasteiger partial charge in [-0.25, -0.2) is 0 Å². The molecule has 118 valence electrons. The van der Waals surface area contributed by atoms with Gasteiger partial charge in [-0.15, -0.1) is 0 Å². The van der Waals surface area contributed by atoms with Crippen LogP contribution >= 0.6 is 15.9 Å². The normalized spacial score (nSPS) is 11.6. The molecule has 0 heterocycles. The smallest absolute Gasteiger partial charge is 0.0644 e. The third-order valence-corrected chi connectivity index (χ3v) is 4.89. The number of hydrogen-bond acceptors (Lipinski definition) is 0. The summed E-state index contributed by atoms with van der Waals surface area (Å²) < 4.78 is 0. The molecule has 0 N–H and O–H groups in total. The lowest BCUT2D eigenvalue weighted by Gasteiger charge is -2.13. The molecule has 0 fully saturated rings. The molecule has 2 aromatic rings. The van der Waals surface area contributed by atoms with Crippen molar-refractivity contribution >= 4 is 15.9 Å². The molecule has 0 aliphatic rings. The fourth-order valence-corrected chi connectivity index (χ4v) is 3.39. The molecule has 0 saturated carbocycles. The van der Waals surface area contributed by atoms with E-state index >= 15 is 0 Å². The summed E-state index contributed by atoms with van der Waals surface area (Å²) in [4.78, 5) is 0.272. The van der Waals surface area contributed by atoms with Crippen LogP contribution in [-0.4, -0.2) is 0 Å². The number of alkyl halides is 1. The van der Waals surface area contributed by atoms with Gasteiger partial charge in [-0.3, -0.25) is 0 Å². The molecule has 0 nitrogen and oxygen atoms in total. The van der Waals surface area contributed by atoms with Gasteiger partial charge in [0.2, 0.25) is 0 Å². The predicted molar refractivity (Wildman–Crippen MR) is 101 cm³/mol. The average molecular weight is 359 g/mol. The maximum absolute atomic E-state index is 3.84. The second-order valence-electron chi connectivity index (χ2n) is 7.04. The van der Waals surface area contributed by atoms with Crippen molar-refractivity contribution in [1.82, 2.24) is 0 Å². The lowest BCUT2D eigenvalue weighted by atomic mass is 9.97. The van der Waals surface area contributed by atoms with Crippen LogP contribution in [0, 0.1) is 11.8 Å². The van der Waals surface area contributed by atoms with E-state index in [1.54, 1.807) is 0 Å². The Morgan fingerprint density at radius 1 is 0.636 bits per heavy atom. The van der Waals surface area contributed by atoms with Crippen molar-refractivity contribution < 1.29 is 0 Å². The van der Waals surface area contributed by atoms with E-state index in [1.165, 1.54) is 22.3 Å². The first kappa shape index (κ1) is 17.3. The summed E-state index contributed by atoms with van der Waals surface area (Å²) in [5, 5.41) is 0. The summed E-state index contributed by atoms with van der Waals surface area (Å²) in [6.07, 6.45) is 2.30. The first-order valence-electron chi connectivity index (χ1n) is 8.27. The van der Waals surface area contributed by atoms with Crippen LogP contribution in [-0.2, 0) is 12.8 Å². The molecule has 0 aliphatic carbocycles. The highest BCUT2D eigenvalue weighted by Gasteiger charge is 2.10. The van der Waals surface area contributed by atoms with E-state index in [9.17, 15) is 0 Å². The van der Waals surface area contributed by atoms with Crippen LogP contribution in [0.3, 0.4) is 0 Å². The van der Waals surface area contributed by atoms with Crippen LogP contribution in [0.4, 0.5) is 0 Å². The molecule has 0 amide bonds. The number of hydrogen-bond donors (Lipinski definition) is 0. The zero-order chi connectivity index (χ0) is 16.1. The van der Waals surface area contributed by atoms with Crippen LogP contribution in [0.25, 0.3) is 0 Å². The van der Waals surface area contributed by atoms with E-state index in [2.05, 4.69) is 92.2 Å². The third kappa shape index (κ3) is 4.98. The van der Waals surface area contributed by atoms with Gasteiger partial charge in [0.05, 0.1) is 4.83 Å². The lowest BCUT2D eigenvalue weighted by Crippen LogP contribution is -1.98. The molecule has 0 saturated heterocycles. The van der Waals surface area contributed by atoms with E-state index < -0.39 is 0 Å². The molecule has 2 rings (SSSR count). The van der Waals surface area contributed by atoms with Crippen LogP contribution in [0.1, 0.15) is 54.8 Å². The van der Waals surface area contributed by atoms with Gasteiger partial charge < -0.3 is 0 Å². The van der Waals surface area contributed by atoms with Crippen molar-refractivity contribution in [2.45, 2.75) is 45.4 Å². The molecule has 0 spiro atoms. The molecule has 0 bridgehead atoms. The van der Waals surface area contributed by atoms with Crippen LogP contribution in [0.5, 0.6) is 0 Å². The summed E-state index contributed by atoms with van der Waals surface area (Å²) in [6.45, 7) is 9.06. The standard InChI is InChI=1S/C21H27Br/c1-15(2)13-17-5-9-19(10-6-17)21(22)20-11-7-18(8-12-20)14-16(3)4/h5-12,15-16,21H,13-14H2,1-4H3. The Balaban J connectivity index is 2.08. The fourth-order valence-electron chi connectivity index (χ4n) is 2.78. The Labute approximate surface area is 144 Å². The Kier molecular flexibility index (Phi) is 6.26. The fraction of sp³-hybridized carbons (Fsp3) is 0.429. The Bertz CT molecular complexity index is 510. The highest BCUT2D eigenvalue weighted by Crippen LogP contribution is 2.31. The Morgan fingerprint density at radius 2 is 0.955 bits per heavy atom. The number of halogens is 1. The average Bonchev–Trinajstić information content (AvgIpc) is 2.47. The summed E-state index contributed by atoms with van der Waals surface area (Å²) in [6, 6.07) is 18.0. The van der Waals surface area contributed by atoms with E-state index in [1.807, 2.05) is 0 Å². The molecule has 1 heteroatoms. The van der Waals surface area contributed by atoms with Crippen molar-refractivity contribution in [3.63, 3.8) is 0 Å². The number of rotatable bonds is 6. The van der Waals surface area contributed by atoms with Crippen molar-refractivity contribution in [2.24, 2.45) is 11.8 Å². The molecule has 0 atom stereocenters. The predicted octanol–water partition coefficient (Wildman–Crippen LogP) is 6.57. The molecular formula is C21H27Br. The number of benzene rings is 2. The first-order chi connectivity index (χ1) is 10.5. The van der Waals surface area contributed by atoms with Gasteiger partial charge in [-0.1, -0.05) is 92.2 Å². The molecule has 2 aromatic carbocycles. The van der Waals surface area contributed by atoms with E-state index in [0.717, 1.165) is 12.8 Å². The first-order valence-corrected chi connectivity index (χ1v) is 9.19. The second kappa shape index (κ2) is 7.97. The summed E-state index contributed by atoms with van der Waals surface area (Å²) in [5.74, 6) is 1.42. The minimum atomic E-state index is 0.272. The van der Waals surface area contributed by atoms with Gasteiger partial charge in [-0.2, -0.15) is 0 Å². The molecule has 0 radical (unpaired) electrons. The van der Waals surface area contributed by atoms with Crippen LogP contribution < -0.4 is 0 Å². The molecule has 0 aromatic heterocycles. The maximum Gasteiger partial charge on any atom is 0.0644 e. The Hall–Kier alpha value is -1.08. The SMILES string of the molecule is CC(C)Cc1ccc(C(Br)c2ccc(CC(C)C)cc2)cc1. The monoisotopic (exact) mass is 358 g/mol. The Morgan fingerprint density at radius 3 is 1.23 bits per heavy atom. The van der Waals surface area contributed by atoms with Crippen LogP contribution in [0.2, 0.25) is 0 Å². The lowest BCUT2D eigenvalue weighted by molar-refractivity contribution is 0.647.